The zero-order valence-corrected chi connectivity index (χ0v) is 40.7. The lowest BCUT2D eigenvalue weighted by molar-refractivity contribution is -0.332. The Hall–Kier alpha value is -2.02. The van der Waals surface area contributed by atoms with Gasteiger partial charge in [0.1, 0.15) is 55.4 Å². The second-order valence-electron chi connectivity index (χ2n) is 18.3. The molecule has 0 bridgehead atoms. The molecule has 15 heteroatoms. The van der Waals surface area contributed by atoms with Crippen molar-refractivity contribution in [3.05, 3.63) is 24.3 Å². The summed E-state index contributed by atoms with van der Waals surface area (Å²) in [7, 11) is 0. The Morgan fingerprint density at radius 1 is 0.470 bits per heavy atom. The van der Waals surface area contributed by atoms with Gasteiger partial charge in [-0.05, 0) is 64.2 Å². The first kappa shape index (κ1) is 60.1. The van der Waals surface area contributed by atoms with E-state index in [1.807, 2.05) is 0 Å². The topological polar surface area (TPSA) is 231 Å². The number of carbonyl (C=O) groups excluding carboxylic acids is 2. The number of aliphatic hydroxyl groups is 7. The molecule has 0 aliphatic carbocycles. The van der Waals surface area contributed by atoms with Crippen molar-refractivity contribution in [2.75, 3.05) is 26.4 Å². The molecule has 0 aromatic rings. The molecule has 2 rings (SSSR count). The highest BCUT2D eigenvalue weighted by Crippen LogP contribution is 2.26. The molecule has 2 saturated heterocycles. The zero-order chi connectivity index (χ0) is 48.2. The van der Waals surface area contributed by atoms with Crippen LogP contribution in [0.3, 0.4) is 0 Å². The summed E-state index contributed by atoms with van der Waals surface area (Å²) < 4.78 is 33.6. The fourth-order valence-corrected chi connectivity index (χ4v) is 8.09. The maximum atomic E-state index is 13.0. The van der Waals surface area contributed by atoms with Crippen LogP contribution in [0, 0.1) is 0 Å². The largest absolute Gasteiger partial charge is 0.462 e. The van der Waals surface area contributed by atoms with Gasteiger partial charge >= 0.3 is 11.9 Å². The van der Waals surface area contributed by atoms with Crippen molar-refractivity contribution < 1.29 is 73.8 Å². The molecule has 2 fully saturated rings. The third kappa shape index (κ3) is 26.7. The predicted octanol–water partition coefficient (Wildman–Crippen LogP) is 7.16. The molecule has 0 spiro atoms. The normalized spacial score (nSPS) is 26.3. The lowest BCUT2D eigenvalue weighted by Gasteiger charge is -2.42. The first-order valence-electron chi connectivity index (χ1n) is 25.9. The average molecular weight is 945 g/mol. The van der Waals surface area contributed by atoms with Crippen LogP contribution < -0.4 is 0 Å². The molecule has 0 radical (unpaired) electrons. The summed E-state index contributed by atoms with van der Waals surface area (Å²) >= 11 is 0. The van der Waals surface area contributed by atoms with E-state index in [0.29, 0.717) is 12.8 Å². The van der Waals surface area contributed by atoms with Crippen molar-refractivity contribution in [1.82, 2.24) is 0 Å². The van der Waals surface area contributed by atoms with Gasteiger partial charge in [0, 0.05) is 12.8 Å². The summed E-state index contributed by atoms with van der Waals surface area (Å²) in [5, 5.41) is 72.0. The van der Waals surface area contributed by atoms with Crippen LogP contribution in [0.4, 0.5) is 0 Å². The Balaban J connectivity index is 1.82. The second kappa shape index (κ2) is 38.8. The summed E-state index contributed by atoms with van der Waals surface area (Å²) in [6.07, 6.45) is 22.0. The van der Waals surface area contributed by atoms with Gasteiger partial charge in [-0.15, -0.1) is 0 Å². The Morgan fingerprint density at radius 2 is 0.864 bits per heavy atom. The van der Waals surface area contributed by atoms with Crippen molar-refractivity contribution in [2.45, 2.75) is 261 Å². The lowest BCUT2D eigenvalue weighted by atomic mass is 9.98. The number of carbonyl (C=O) groups is 2. The first-order chi connectivity index (χ1) is 32.0. The standard InChI is InChI=1S/C51H92O15/c1-3-5-7-9-11-13-15-17-19-20-22-24-26-28-30-32-34-43(54)64-39(36-61-42(53)33-31-29-27-25-23-21-18-16-14-12-10-8-6-4-2)37-62-50-49(60)47(58)45(56)41(66-50)38-63-51-48(59)46(57)44(55)40(35-52)65-51/h16,18-20,39-41,44-52,55-60H,3-15,17,21-38H2,1-2H3/b18-16-,20-19-. The van der Waals surface area contributed by atoms with Crippen LogP contribution in [0.1, 0.15) is 194 Å². The molecule has 0 amide bonds. The van der Waals surface area contributed by atoms with E-state index in [1.54, 1.807) is 0 Å². The van der Waals surface area contributed by atoms with Gasteiger partial charge in [-0.25, -0.2) is 0 Å². The van der Waals surface area contributed by atoms with Gasteiger partial charge in [0.15, 0.2) is 18.7 Å². The Kier molecular flexibility index (Phi) is 35.3. The maximum Gasteiger partial charge on any atom is 0.306 e. The van der Waals surface area contributed by atoms with Crippen LogP contribution in [-0.4, -0.2) is 142 Å². The summed E-state index contributed by atoms with van der Waals surface area (Å²) in [5.74, 6) is -0.940. The minimum Gasteiger partial charge on any atom is -0.462 e. The van der Waals surface area contributed by atoms with Crippen LogP contribution in [-0.2, 0) is 38.0 Å². The van der Waals surface area contributed by atoms with Crippen molar-refractivity contribution in [1.29, 1.82) is 0 Å². The van der Waals surface area contributed by atoms with E-state index in [2.05, 4.69) is 38.2 Å². The molecule has 2 aliphatic rings. The molecule has 0 aromatic carbocycles. The summed E-state index contributed by atoms with van der Waals surface area (Å²) in [6.45, 7) is 2.57. The third-order valence-corrected chi connectivity index (χ3v) is 12.4. The monoisotopic (exact) mass is 945 g/mol. The van der Waals surface area contributed by atoms with Crippen molar-refractivity contribution in [3.63, 3.8) is 0 Å². The lowest BCUT2D eigenvalue weighted by Crippen LogP contribution is -2.61. The highest BCUT2D eigenvalue weighted by atomic mass is 16.7. The molecule has 0 aromatic heterocycles. The van der Waals surface area contributed by atoms with E-state index in [4.69, 9.17) is 28.4 Å². The molecule has 11 atom stereocenters. The fraction of sp³-hybridized carbons (Fsp3) is 0.882. The molecule has 11 unspecified atom stereocenters. The Labute approximate surface area is 396 Å². The van der Waals surface area contributed by atoms with Crippen molar-refractivity contribution in [3.8, 4) is 0 Å². The van der Waals surface area contributed by atoms with Crippen LogP contribution >= 0.6 is 0 Å². The van der Waals surface area contributed by atoms with Crippen LogP contribution in [0.5, 0.6) is 0 Å². The quantitative estimate of drug-likeness (QED) is 0.0184. The number of hydrogen-bond donors (Lipinski definition) is 7. The van der Waals surface area contributed by atoms with Gasteiger partial charge in [-0.1, -0.05) is 141 Å². The molecule has 2 aliphatic heterocycles. The van der Waals surface area contributed by atoms with Crippen LogP contribution in [0.15, 0.2) is 24.3 Å². The molecular formula is C51H92O15. The van der Waals surface area contributed by atoms with E-state index < -0.39 is 92.7 Å². The molecule has 7 N–H and O–H groups in total. The predicted molar refractivity (Wildman–Crippen MR) is 252 cm³/mol. The number of allylic oxidation sites excluding steroid dienone is 4. The molecule has 2 heterocycles. The Morgan fingerprint density at radius 3 is 1.33 bits per heavy atom. The van der Waals surface area contributed by atoms with Crippen molar-refractivity contribution >= 4 is 11.9 Å². The van der Waals surface area contributed by atoms with Gasteiger partial charge < -0.3 is 64.2 Å². The number of esters is 2. The van der Waals surface area contributed by atoms with Crippen molar-refractivity contribution in [2.24, 2.45) is 0 Å². The summed E-state index contributed by atoms with van der Waals surface area (Å²) in [4.78, 5) is 25.7. The van der Waals surface area contributed by atoms with Crippen LogP contribution in [0.25, 0.3) is 0 Å². The molecule has 0 saturated carbocycles. The minimum absolute atomic E-state index is 0.155. The average Bonchev–Trinajstić information content (AvgIpc) is 3.31. The van der Waals surface area contributed by atoms with Gasteiger partial charge in [0.05, 0.1) is 19.8 Å². The first-order valence-corrected chi connectivity index (χ1v) is 25.9. The molecule has 386 valence electrons. The number of ether oxygens (including phenoxy) is 6. The smallest absolute Gasteiger partial charge is 0.306 e. The van der Waals surface area contributed by atoms with Gasteiger partial charge in [-0.3, -0.25) is 9.59 Å². The van der Waals surface area contributed by atoms with E-state index >= 15 is 0 Å². The second-order valence-corrected chi connectivity index (χ2v) is 18.3. The van der Waals surface area contributed by atoms with E-state index in [9.17, 15) is 45.3 Å². The molecular weight excluding hydrogens is 853 g/mol. The number of unbranched alkanes of at least 4 members (excludes halogenated alkanes) is 22. The highest BCUT2D eigenvalue weighted by molar-refractivity contribution is 5.70. The van der Waals surface area contributed by atoms with Gasteiger partial charge in [0.25, 0.3) is 0 Å². The highest BCUT2D eigenvalue weighted by Gasteiger charge is 2.47. The van der Waals surface area contributed by atoms with Crippen LogP contribution in [0.2, 0.25) is 0 Å². The summed E-state index contributed by atoms with van der Waals surface area (Å²) in [6, 6.07) is 0. The van der Waals surface area contributed by atoms with E-state index in [1.165, 1.54) is 77.0 Å². The van der Waals surface area contributed by atoms with E-state index in [-0.39, 0.29) is 26.1 Å². The number of rotatable bonds is 40. The summed E-state index contributed by atoms with van der Waals surface area (Å²) in [5.41, 5.74) is 0. The fourth-order valence-electron chi connectivity index (χ4n) is 8.09. The van der Waals surface area contributed by atoms with E-state index in [0.717, 1.165) is 77.0 Å². The number of hydrogen-bond acceptors (Lipinski definition) is 15. The maximum absolute atomic E-state index is 13.0. The zero-order valence-electron chi connectivity index (χ0n) is 40.7. The Bertz CT molecular complexity index is 1250. The minimum atomic E-state index is -1.77. The third-order valence-electron chi connectivity index (χ3n) is 12.4. The van der Waals surface area contributed by atoms with Gasteiger partial charge in [0.2, 0.25) is 0 Å². The SMILES string of the molecule is CCCCCCC/C=C\CCCCCCCC(=O)OCC(COC1OC(COC2OC(CO)C(O)C(O)C2O)C(O)C(O)C1O)OC(=O)CCCCCCC/C=C\CCCCCCCCC. The molecule has 15 nitrogen and oxygen atoms in total. The molecule has 66 heavy (non-hydrogen) atoms. The van der Waals surface area contributed by atoms with Gasteiger partial charge in [-0.2, -0.15) is 0 Å². The number of aliphatic hydroxyl groups excluding tert-OH is 7.